The number of ketones is 1. The first kappa shape index (κ1) is 12.4. The highest BCUT2D eigenvalue weighted by Crippen LogP contribution is 2.22. The van der Waals surface area contributed by atoms with Gasteiger partial charge in [0.1, 0.15) is 0 Å². The largest absolute Gasteiger partial charge is 0.357 e. The predicted octanol–water partition coefficient (Wildman–Crippen LogP) is 2.33. The quantitative estimate of drug-likeness (QED) is 0.750. The van der Waals surface area contributed by atoms with Crippen LogP contribution < -0.4 is 0 Å². The first-order chi connectivity index (χ1) is 8.06. The third-order valence-electron chi connectivity index (χ3n) is 3.78. The molecule has 0 spiro atoms. The van der Waals surface area contributed by atoms with Gasteiger partial charge in [-0.1, -0.05) is 6.92 Å². The Labute approximate surface area is 103 Å². The molecule has 2 atom stereocenters. The maximum Gasteiger partial charge on any atom is 0.178 e. The van der Waals surface area contributed by atoms with Crippen molar-refractivity contribution in [3.05, 3.63) is 24.0 Å². The minimum absolute atomic E-state index is 0.243. The molecule has 2 heterocycles. The number of likely N-dealkylation sites (tertiary alicyclic amines) is 1. The first-order valence-electron chi connectivity index (χ1n) is 6.45. The molecule has 1 saturated heterocycles. The highest BCUT2D eigenvalue weighted by Gasteiger charge is 2.24. The Hall–Kier alpha value is -1.09. The maximum absolute atomic E-state index is 12.1. The topological polar surface area (TPSA) is 25.2 Å². The van der Waals surface area contributed by atoms with Gasteiger partial charge in [0.25, 0.3) is 0 Å². The predicted molar refractivity (Wildman–Crippen MR) is 69.2 cm³/mol. The minimum atomic E-state index is 0.243. The van der Waals surface area contributed by atoms with Crippen molar-refractivity contribution in [2.45, 2.75) is 32.7 Å². The van der Waals surface area contributed by atoms with E-state index in [0.717, 1.165) is 18.0 Å². The van der Waals surface area contributed by atoms with Gasteiger partial charge in [-0.15, -0.1) is 0 Å². The summed E-state index contributed by atoms with van der Waals surface area (Å²) in [5.41, 5.74) is 0.832. The van der Waals surface area contributed by atoms with Gasteiger partial charge in [0.2, 0.25) is 0 Å². The summed E-state index contributed by atoms with van der Waals surface area (Å²) in [5.74, 6) is 1.04. The lowest BCUT2D eigenvalue weighted by Gasteiger charge is -2.35. The molecule has 0 amide bonds. The summed E-state index contributed by atoms with van der Waals surface area (Å²) in [6, 6.07) is 2.44. The van der Waals surface area contributed by atoms with Crippen molar-refractivity contribution in [1.82, 2.24) is 9.47 Å². The Morgan fingerprint density at radius 1 is 1.47 bits per heavy atom. The van der Waals surface area contributed by atoms with Crippen LogP contribution in [-0.4, -0.2) is 34.4 Å². The number of piperidine rings is 1. The van der Waals surface area contributed by atoms with Crippen LogP contribution in [-0.2, 0) is 7.05 Å². The van der Waals surface area contributed by atoms with Gasteiger partial charge in [0, 0.05) is 31.0 Å². The van der Waals surface area contributed by atoms with Crippen molar-refractivity contribution < 1.29 is 4.79 Å². The van der Waals surface area contributed by atoms with Gasteiger partial charge in [0.15, 0.2) is 5.78 Å². The number of Topliss-reactive ketones (excluding diaryl/α,β-unsaturated/α-hetero) is 1. The third kappa shape index (κ3) is 2.97. The molecule has 0 N–H and O–H groups in total. The van der Waals surface area contributed by atoms with E-state index in [9.17, 15) is 4.79 Å². The molecule has 0 saturated carbocycles. The van der Waals surface area contributed by atoms with Gasteiger partial charge in [-0.3, -0.25) is 9.69 Å². The van der Waals surface area contributed by atoms with Gasteiger partial charge in [-0.25, -0.2) is 0 Å². The summed E-state index contributed by atoms with van der Waals surface area (Å²) in [7, 11) is 1.95. The lowest BCUT2D eigenvalue weighted by Crippen LogP contribution is -2.42. The molecular formula is C14H22N2O. The number of aryl methyl sites for hydroxylation is 1. The molecule has 2 rings (SSSR count). The number of hydrogen-bond donors (Lipinski definition) is 0. The van der Waals surface area contributed by atoms with Crippen LogP contribution in [0.4, 0.5) is 0 Å². The molecule has 1 aromatic heterocycles. The molecule has 0 radical (unpaired) electrons. The molecule has 1 aromatic rings. The molecule has 0 aliphatic carbocycles. The summed E-state index contributed by atoms with van der Waals surface area (Å²) in [5, 5.41) is 0. The Bertz CT molecular complexity index is 397. The molecule has 0 bridgehead atoms. The van der Waals surface area contributed by atoms with Crippen molar-refractivity contribution in [3.63, 3.8) is 0 Å². The van der Waals surface area contributed by atoms with Gasteiger partial charge in [-0.05, 0) is 38.3 Å². The Kier molecular flexibility index (Phi) is 3.67. The average molecular weight is 234 g/mol. The van der Waals surface area contributed by atoms with Crippen molar-refractivity contribution >= 4 is 5.78 Å². The number of carbonyl (C=O) groups excluding carboxylic acids is 1. The van der Waals surface area contributed by atoms with Gasteiger partial charge in [-0.2, -0.15) is 0 Å². The fourth-order valence-corrected chi connectivity index (χ4v) is 2.63. The van der Waals surface area contributed by atoms with E-state index in [1.807, 2.05) is 30.1 Å². The average Bonchev–Trinajstić information content (AvgIpc) is 2.69. The van der Waals surface area contributed by atoms with Crippen LogP contribution in [0.25, 0.3) is 0 Å². The highest BCUT2D eigenvalue weighted by atomic mass is 16.1. The molecule has 0 aromatic carbocycles. The third-order valence-corrected chi connectivity index (χ3v) is 3.78. The highest BCUT2D eigenvalue weighted by molar-refractivity contribution is 5.97. The van der Waals surface area contributed by atoms with Crippen LogP contribution in [0, 0.1) is 5.92 Å². The molecule has 1 fully saturated rings. The number of aromatic nitrogens is 1. The van der Waals surface area contributed by atoms with Crippen LogP contribution in [0.1, 0.15) is 37.0 Å². The SMILES string of the molecule is CC1CCN(CC(=O)c2ccn(C)c2)C(C)C1. The number of hydrogen-bond acceptors (Lipinski definition) is 2. The number of nitrogens with zero attached hydrogens (tertiary/aromatic N) is 2. The molecule has 3 nitrogen and oxygen atoms in total. The Morgan fingerprint density at radius 3 is 2.82 bits per heavy atom. The summed E-state index contributed by atoms with van der Waals surface area (Å²) in [4.78, 5) is 14.4. The van der Waals surface area contributed by atoms with E-state index in [0.29, 0.717) is 12.6 Å². The summed E-state index contributed by atoms with van der Waals surface area (Å²) >= 11 is 0. The van der Waals surface area contributed by atoms with E-state index >= 15 is 0 Å². The van der Waals surface area contributed by atoms with Crippen molar-refractivity contribution in [2.24, 2.45) is 13.0 Å². The standard InChI is InChI=1S/C14H22N2O/c1-11-4-7-16(12(2)8-11)10-14(17)13-5-6-15(3)9-13/h5-6,9,11-12H,4,7-8,10H2,1-3H3. The Balaban J connectivity index is 1.95. The van der Waals surface area contributed by atoms with E-state index in [-0.39, 0.29) is 5.78 Å². The van der Waals surface area contributed by atoms with Crippen LogP contribution in [0.3, 0.4) is 0 Å². The zero-order valence-electron chi connectivity index (χ0n) is 11.0. The fourth-order valence-electron chi connectivity index (χ4n) is 2.63. The zero-order valence-corrected chi connectivity index (χ0v) is 11.0. The van der Waals surface area contributed by atoms with Crippen LogP contribution in [0.2, 0.25) is 0 Å². The summed E-state index contributed by atoms with van der Waals surface area (Å²) in [6.45, 7) is 6.15. The summed E-state index contributed by atoms with van der Waals surface area (Å²) < 4.78 is 1.93. The molecule has 3 heteroatoms. The van der Waals surface area contributed by atoms with Gasteiger partial charge < -0.3 is 4.57 Å². The van der Waals surface area contributed by atoms with Crippen molar-refractivity contribution in [3.8, 4) is 0 Å². The lowest BCUT2D eigenvalue weighted by molar-refractivity contribution is 0.0816. The summed E-state index contributed by atoms with van der Waals surface area (Å²) in [6.07, 6.45) is 6.25. The van der Waals surface area contributed by atoms with Gasteiger partial charge in [0.05, 0.1) is 6.54 Å². The van der Waals surface area contributed by atoms with Crippen molar-refractivity contribution in [1.29, 1.82) is 0 Å². The van der Waals surface area contributed by atoms with E-state index in [4.69, 9.17) is 0 Å². The second kappa shape index (κ2) is 5.05. The second-order valence-corrected chi connectivity index (χ2v) is 5.44. The molecule has 1 aliphatic heterocycles. The number of carbonyl (C=O) groups is 1. The van der Waals surface area contributed by atoms with Crippen molar-refractivity contribution in [2.75, 3.05) is 13.1 Å². The zero-order chi connectivity index (χ0) is 12.4. The van der Waals surface area contributed by atoms with Crippen LogP contribution in [0.15, 0.2) is 18.5 Å². The number of rotatable bonds is 3. The first-order valence-corrected chi connectivity index (χ1v) is 6.45. The smallest absolute Gasteiger partial charge is 0.178 e. The molecule has 17 heavy (non-hydrogen) atoms. The van der Waals surface area contributed by atoms with E-state index in [1.54, 1.807) is 0 Å². The molecule has 94 valence electrons. The van der Waals surface area contributed by atoms with Gasteiger partial charge >= 0.3 is 0 Å². The normalized spacial score (nSPS) is 26.1. The van der Waals surface area contributed by atoms with E-state index in [1.165, 1.54) is 12.8 Å². The fraction of sp³-hybridized carbons (Fsp3) is 0.643. The molecule has 1 aliphatic rings. The van der Waals surface area contributed by atoms with E-state index < -0.39 is 0 Å². The lowest BCUT2D eigenvalue weighted by atomic mass is 9.93. The minimum Gasteiger partial charge on any atom is -0.357 e. The van der Waals surface area contributed by atoms with E-state index in [2.05, 4.69) is 18.7 Å². The monoisotopic (exact) mass is 234 g/mol. The van der Waals surface area contributed by atoms with Crippen LogP contribution >= 0.6 is 0 Å². The Morgan fingerprint density at radius 2 is 2.24 bits per heavy atom. The van der Waals surface area contributed by atoms with Crippen LogP contribution in [0.5, 0.6) is 0 Å². The second-order valence-electron chi connectivity index (χ2n) is 5.44. The molecule has 2 unspecified atom stereocenters. The molecular weight excluding hydrogens is 212 g/mol. The maximum atomic E-state index is 12.1.